The molecule has 0 spiro atoms. The maximum absolute atomic E-state index is 10.7. The minimum atomic E-state index is -0.960. The standard InChI is InChI=1S/C11H10O3/c12-10-6-8(11(13)14)5-7-3-1-2-4-9(7)10/h1-5,10,12H,6H2,(H,13,14). The van der Waals surface area contributed by atoms with Gasteiger partial charge in [0.2, 0.25) is 0 Å². The van der Waals surface area contributed by atoms with Crippen LogP contribution in [0.4, 0.5) is 0 Å². The van der Waals surface area contributed by atoms with E-state index in [2.05, 4.69) is 0 Å². The Labute approximate surface area is 81.3 Å². The lowest BCUT2D eigenvalue weighted by Crippen LogP contribution is -2.11. The van der Waals surface area contributed by atoms with E-state index in [0.717, 1.165) is 11.1 Å². The molecule has 1 aliphatic carbocycles. The van der Waals surface area contributed by atoms with Gasteiger partial charge in [0.05, 0.1) is 6.10 Å². The Morgan fingerprint density at radius 3 is 2.79 bits per heavy atom. The zero-order chi connectivity index (χ0) is 10.1. The van der Waals surface area contributed by atoms with Crippen molar-refractivity contribution in [1.82, 2.24) is 0 Å². The van der Waals surface area contributed by atoms with Crippen molar-refractivity contribution in [1.29, 1.82) is 0 Å². The third kappa shape index (κ3) is 1.42. The molecule has 1 unspecified atom stereocenters. The number of rotatable bonds is 1. The lowest BCUT2D eigenvalue weighted by Gasteiger charge is -2.19. The Bertz CT molecular complexity index is 407. The molecule has 0 fully saturated rings. The number of fused-ring (bicyclic) bond motifs is 1. The van der Waals surface area contributed by atoms with E-state index >= 15 is 0 Å². The van der Waals surface area contributed by atoms with Crippen LogP contribution in [0.3, 0.4) is 0 Å². The fourth-order valence-corrected chi connectivity index (χ4v) is 1.66. The van der Waals surface area contributed by atoms with Crippen LogP contribution in [0.25, 0.3) is 6.08 Å². The summed E-state index contributed by atoms with van der Waals surface area (Å²) in [5, 5.41) is 18.5. The minimum absolute atomic E-state index is 0.187. The molecule has 0 heterocycles. The van der Waals surface area contributed by atoms with Crippen LogP contribution in [-0.4, -0.2) is 16.2 Å². The molecule has 0 radical (unpaired) electrons. The van der Waals surface area contributed by atoms with E-state index in [1.807, 2.05) is 18.2 Å². The normalized spacial score (nSPS) is 19.8. The van der Waals surface area contributed by atoms with Crippen molar-refractivity contribution in [3.63, 3.8) is 0 Å². The Morgan fingerprint density at radius 1 is 1.36 bits per heavy atom. The third-order valence-corrected chi connectivity index (χ3v) is 2.37. The van der Waals surface area contributed by atoms with Gasteiger partial charge in [-0.2, -0.15) is 0 Å². The van der Waals surface area contributed by atoms with Crippen LogP contribution in [0.15, 0.2) is 29.8 Å². The molecule has 0 amide bonds. The van der Waals surface area contributed by atoms with Gasteiger partial charge in [0.1, 0.15) is 0 Å². The molecule has 0 saturated carbocycles. The van der Waals surface area contributed by atoms with Gasteiger partial charge in [0, 0.05) is 12.0 Å². The SMILES string of the molecule is O=C(O)C1=Cc2ccccc2C(O)C1. The summed E-state index contributed by atoms with van der Waals surface area (Å²) < 4.78 is 0. The molecule has 1 aromatic rings. The monoisotopic (exact) mass is 190 g/mol. The number of benzene rings is 1. The highest BCUT2D eigenvalue weighted by Gasteiger charge is 2.21. The first kappa shape index (κ1) is 8.97. The number of aliphatic carboxylic acids is 1. The summed E-state index contributed by atoms with van der Waals surface area (Å²) in [6.45, 7) is 0. The summed E-state index contributed by atoms with van der Waals surface area (Å²) in [5.74, 6) is -0.960. The van der Waals surface area contributed by atoms with Gasteiger partial charge in [-0.05, 0) is 17.2 Å². The number of aliphatic hydroxyl groups excluding tert-OH is 1. The lowest BCUT2D eigenvalue weighted by atomic mass is 9.90. The molecular formula is C11H10O3. The molecule has 2 rings (SSSR count). The highest BCUT2D eigenvalue weighted by molar-refractivity contribution is 5.93. The first-order valence-electron chi connectivity index (χ1n) is 4.39. The van der Waals surface area contributed by atoms with E-state index in [9.17, 15) is 9.90 Å². The Morgan fingerprint density at radius 2 is 2.07 bits per heavy atom. The van der Waals surface area contributed by atoms with Crippen molar-refractivity contribution in [2.45, 2.75) is 12.5 Å². The van der Waals surface area contributed by atoms with E-state index in [1.165, 1.54) is 0 Å². The zero-order valence-corrected chi connectivity index (χ0v) is 7.47. The first-order valence-corrected chi connectivity index (χ1v) is 4.39. The van der Waals surface area contributed by atoms with Crippen LogP contribution >= 0.6 is 0 Å². The van der Waals surface area contributed by atoms with Crippen molar-refractivity contribution in [3.05, 3.63) is 41.0 Å². The fourth-order valence-electron chi connectivity index (χ4n) is 1.66. The van der Waals surface area contributed by atoms with E-state index in [-0.39, 0.29) is 12.0 Å². The number of aliphatic hydroxyl groups is 1. The molecule has 0 bridgehead atoms. The maximum atomic E-state index is 10.7. The summed E-state index contributed by atoms with van der Waals surface area (Å²) >= 11 is 0. The summed E-state index contributed by atoms with van der Waals surface area (Å²) in [7, 11) is 0. The van der Waals surface area contributed by atoms with Gasteiger partial charge >= 0.3 is 5.97 Å². The second-order valence-electron chi connectivity index (χ2n) is 3.32. The van der Waals surface area contributed by atoms with E-state index in [4.69, 9.17) is 5.11 Å². The quantitative estimate of drug-likeness (QED) is 0.707. The number of carbonyl (C=O) groups is 1. The van der Waals surface area contributed by atoms with Crippen LogP contribution in [0, 0.1) is 0 Å². The predicted octanol–water partition coefficient (Wildman–Crippen LogP) is 1.59. The maximum Gasteiger partial charge on any atom is 0.331 e. The van der Waals surface area contributed by atoms with Gasteiger partial charge < -0.3 is 10.2 Å². The van der Waals surface area contributed by atoms with Crippen molar-refractivity contribution >= 4 is 12.0 Å². The van der Waals surface area contributed by atoms with Crippen LogP contribution in [0.1, 0.15) is 23.7 Å². The fraction of sp³-hybridized carbons (Fsp3) is 0.182. The van der Waals surface area contributed by atoms with Crippen LogP contribution in [-0.2, 0) is 4.79 Å². The van der Waals surface area contributed by atoms with Crippen LogP contribution < -0.4 is 0 Å². The van der Waals surface area contributed by atoms with Crippen molar-refractivity contribution in [2.75, 3.05) is 0 Å². The van der Waals surface area contributed by atoms with Gasteiger partial charge in [0.25, 0.3) is 0 Å². The molecule has 0 aromatic heterocycles. The number of hydrogen-bond donors (Lipinski definition) is 2. The van der Waals surface area contributed by atoms with Crippen LogP contribution in [0.2, 0.25) is 0 Å². The highest BCUT2D eigenvalue weighted by atomic mass is 16.4. The second kappa shape index (κ2) is 3.27. The van der Waals surface area contributed by atoms with Crippen molar-refractivity contribution in [3.8, 4) is 0 Å². The van der Waals surface area contributed by atoms with Gasteiger partial charge in [-0.15, -0.1) is 0 Å². The molecule has 3 nitrogen and oxygen atoms in total. The van der Waals surface area contributed by atoms with E-state index < -0.39 is 12.1 Å². The Balaban J connectivity index is 2.50. The molecule has 72 valence electrons. The number of hydrogen-bond acceptors (Lipinski definition) is 2. The number of carboxylic acids is 1. The summed E-state index contributed by atoms with van der Waals surface area (Å²) in [5.41, 5.74) is 1.86. The molecule has 14 heavy (non-hydrogen) atoms. The minimum Gasteiger partial charge on any atom is -0.478 e. The summed E-state index contributed by atoms with van der Waals surface area (Å²) in [6, 6.07) is 7.28. The van der Waals surface area contributed by atoms with Gasteiger partial charge in [-0.25, -0.2) is 4.79 Å². The summed E-state index contributed by atoms with van der Waals surface area (Å²) in [6.07, 6.45) is 1.11. The molecule has 1 aromatic carbocycles. The summed E-state index contributed by atoms with van der Waals surface area (Å²) in [4.78, 5) is 10.7. The molecule has 0 saturated heterocycles. The number of carboxylic acid groups (broad SMARTS) is 1. The topological polar surface area (TPSA) is 57.5 Å². The zero-order valence-electron chi connectivity index (χ0n) is 7.47. The second-order valence-corrected chi connectivity index (χ2v) is 3.32. The van der Waals surface area contributed by atoms with Gasteiger partial charge in [0.15, 0.2) is 0 Å². The average Bonchev–Trinajstić information content (AvgIpc) is 2.17. The van der Waals surface area contributed by atoms with Gasteiger partial charge in [-0.3, -0.25) is 0 Å². The Kier molecular flexibility index (Phi) is 2.09. The lowest BCUT2D eigenvalue weighted by molar-refractivity contribution is -0.133. The van der Waals surface area contributed by atoms with Gasteiger partial charge in [-0.1, -0.05) is 24.3 Å². The molecular weight excluding hydrogens is 180 g/mol. The molecule has 3 heteroatoms. The van der Waals surface area contributed by atoms with E-state index in [0.29, 0.717) is 0 Å². The smallest absolute Gasteiger partial charge is 0.331 e. The molecule has 0 aliphatic heterocycles. The van der Waals surface area contributed by atoms with E-state index in [1.54, 1.807) is 12.1 Å². The average molecular weight is 190 g/mol. The third-order valence-electron chi connectivity index (χ3n) is 2.37. The molecule has 1 atom stereocenters. The molecule has 2 N–H and O–H groups in total. The van der Waals surface area contributed by atoms with Crippen molar-refractivity contribution in [2.24, 2.45) is 0 Å². The highest BCUT2D eigenvalue weighted by Crippen LogP contribution is 2.31. The van der Waals surface area contributed by atoms with Crippen LogP contribution in [0.5, 0.6) is 0 Å². The predicted molar refractivity (Wildman–Crippen MR) is 51.6 cm³/mol. The van der Waals surface area contributed by atoms with Crippen molar-refractivity contribution < 1.29 is 15.0 Å². The first-order chi connectivity index (χ1) is 6.68. The molecule has 1 aliphatic rings. The largest absolute Gasteiger partial charge is 0.478 e. The Hall–Kier alpha value is -1.61.